The molecule has 0 saturated carbocycles. The van der Waals surface area contributed by atoms with Gasteiger partial charge in [-0.1, -0.05) is 0 Å². The number of carbonyl (C=O) groups is 1. The average molecular weight is 302 g/mol. The second-order valence-corrected chi connectivity index (χ2v) is 6.13. The summed E-state index contributed by atoms with van der Waals surface area (Å²) in [5.41, 5.74) is 1.31. The highest BCUT2D eigenvalue weighted by Crippen LogP contribution is 2.26. The standard InChI is InChI=1S/C15H18N4OS/c20-14(18-15-17-7-9-21-15)11-19-8-1-2-13(10-19)12-3-5-16-6-4-12/h3-7,9,13H,1-2,8,10-11H2,(H,17,18,20)/t13-/m1/s1. The lowest BCUT2D eigenvalue weighted by atomic mass is 9.91. The number of hydrogen-bond donors (Lipinski definition) is 1. The number of aromatic nitrogens is 2. The van der Waals surface area contributed by atoms with Crippen molar-refractivity contribution in [2.45, 2.75) is 18.8 Å². The third-order valence-corrected chi connectivity index (χ3v) is 4.42. The monoisotopic (exact) mass is 302 g/mol. The number of thiazole rings is 1. The molecule has 0 radical (unpaired) electrons. The van der Waals surface area contributed by atoms with Gasteiger partial charge in [0.2, 0.25) is 5.91 Å². The van der Waals surface area contributed by atoms with Crippen LogP contribution in [0.3, 0.4) is 0 Å². The van der Waals surface area contributed by atoms with Crippen molar-refractivity contribution in [2.75, 3.05) is 25.0 Å². The highest BCUT2D eigenvalue weighted by atomic mass is 32.1. The minimum absolute atomic E-state index is 0.0142. The summed E-state index contributed by atoms with van der Waals surface area (Å²) >= 11 is 1.44. The molecule has 0 bridgehead atoms. The van der Waals surface area contributed by atoms with Crippen molar-refractivity contribution in [1.29, 1.82) is 0 Å². The first-order chi connectivity index (χ1) is 10.3. The van der Waals surface area contributed by atoms with Crippen molar-refractivity contribution in [3.8, 4) is 0 Å². The highest BCUT2D eigenvalue weighted by Gasteiger charge is 2.22. The van der Waals surface area contributed by atoms with E-state index in [0.29, 0.717) is 17.6 Å². The smallest absolute Gasteiger partial charge is 0.240 e. The van der Waals surface area contributed by atoms with E-state index in [1.807, 2.05) is 17.8 Å². The number of pyridine rings is 1. The van der Waals surface area contributed by atoms with Gasteiger partial charge >= 0.3 is 0 Å². The van der Waals surface area contributed by atoms with E-state index in [-0.39, 0.29) is 5.91 Å². The van der Waals surface area contributed by atoms with Gasteiger partial charge in [0.15, 0.2) is 5.13 Å². The summed E-state index contributed by atoms with van der Waals surface area (Å²) in [5, 5.41) is 5.37. The molecule has 0 aliphatic carbocycles. The molecule has 2 aromatic rings. The number of hydrogen-bond acceptors (Lipinski definition) is 5. The first kappa shape index (κ1) is 14.2. The Morgan fingerprint density at radius 1 is 1.38 bits per heavy atom. The van der Waals surface area contributed by atoms with Crippen LogP contribution in [0.1, 0.15) is 24.3 Å². The zero-order chi connectivity index (χ0) is 14.5. The molecule has 21 heavy (non-hydrogen) atoms. The van der Waals surface area contributed by atoms with Crippen LogP contribution in [0.15, 0.2) is 36.1 Å². The topological polar surface area (TPSA) is 58.1 Å². The normalized spacial score (nSPS) is 19.3. The number of piperidine rings is 1. The van der Waals surface area contributed by atoms with Crippen LogP contribution >= 0.6 is 11.3 Å². The average Bonchev–Trinajstić information content (AvgIpc) is 3.01. The van der Waals surface area contributed by atoms with Crippen LogP contribution in [0.5, 0.6) is 0 Å². The van der Waals surface area contributed by atoms with E-state index in [9.17, 15) is 4.79 Å². The van der Waals surface area contributed by atoms with Gasteiger partial charge in [0.1, 0.15) is 0 Å². The van der Waals surface area contributed by atoms with E-state index in [0.717, 1.165) is 19.5 Å². The molecule has 6 heteroatoms. The molecule has 1 fully saturated rings. The Bertz CT molecular complexity index is 573. The molecule has 0 spiro atoms. The van der Waals surface area contributed by atoms with E-state index < -0.39 is 0 Å². The summed E-state index contributed by atoms with van der Waals surface area (Å²) in [7, 11) is 0. The fraction of sp³-hybridized carbons (Fsp3) is 0.400. The predicted molar refractivity (Wildman–Crippen MR) is 83.4 cm³/mol. The molecule has 1 amide bonds. The molecule has 1 N–H and O–H groups in total. The number of likely N-dealkylation sites (tertiary alicyclic amines) is 1. The van der Waals surface area contributed by atoms with Crippen molar-refractivity contribution in [3.05, 3.63) is 41.7 Å². The second-order valence-electron chi connectivity index (χ2n) is 5.24. The van der Waals surface area contributed by atoms with E-state index in [4.69, 9.17) is 0 Å². The fourth-order valence-corrected chi connectivity index (χ4v) is 3.30. The van der Waals surface area contributed by atoms with Gasteiger partial charge in [0.05, 0.1) is 6.54 Å². The summed E-state index contributed by atoms with van der Waals surface area (Å²) < 4.78 is 0. The Morgan fingerprint density at radius 3 is 3.00 bits per heavy atom. The molecule has 1 aliphatic rings. The SMILES string of the molecule is O=C(CN1CCC[C@@H](c2ccncc2)C1)Nc1nccs1. The van der Waals surface area contributed by atoms with Crippen LogP contribution in [0.2, 0.25) is 0 Å². The largest absolute Gasteiger partial charge is 0.301 e. The first-order valence-corrected chi connectivity index (χ1v) is 8.01. The Balaban J connectivity index is 1.55. The van der Waals surface area contributed by atoms with Crippen LogP contribution in [0, 0.1) is 0 Å². The summed E-state index contributed by atoms with van der Waals surface area (Å²) in [6, 6.07) is 4.15. The Morgan fingerprint density at radius 2 is 2.24 bits per heavy atom. The maximum atomic E-state index is 12.0. The number of amides is 1. The van der Waals surface area contributed by atoms with Crippen LogP contribution in [-0.4, -0.2) is 40.4 Å². The van der Waals surface area contributed by atoms with E-state index >= 15 is 0 Å². The van der Waals surface area contributed by atoms with Crippen LogP contribution in [-0.2, 0) is 4.79 Å². The van der Waals surface area contributed by atoms with Crippen LogP contribution in [0.4, 0.5) is 5.13 Å². The predicted octanol–water partition coefficient (Wildman–Crippen LogP) is 2.36. The summed E-state index contributed by atoms with van der Waals surface area (Å²) in [6.45, 7) is 2.34. The lowest BCUT2D eigenvalue weighted by molar-refractivity contribution is -0.117. The van der Waals surface area contributed by atoms with E-state index in [2.05, 4.69) is 32.3 Å². The zero-order valence-electron chi connectivity index (χ0n) is 11.7. The van der Waals surface area contributed by atoms with Gasteiger partial charge in [-0.15, -0.1) is 11.3 Å². The molecule has 3 heterocycles. The molecule has 110 valence electrons. The second kappa shape index (κ2) is 6.78. The van der Waals surface area contributed by atoms with Crippen molar-refractivity contribution >= 4 is 22.4 Å². The molecule has 1 atom stereocenters. The van der Waals surface area contributed by atoms with Gasteiger partial charge in [-0.3, -0.25) is 14.7 Å². The van der Waals surface area contributed by atoms with Crippen molar-refractivity contribution in [2.24, 2.45) is 0 Å². The van der Waals surface area contributed by atoms with E-state index in [1.54, 1.807) is 6.20 Å². The number of carbonyl (C=O) groups excluding carboxylic acids is 1. The third kappa shape index (κ3) is 3.86. The van der Waals surface area contributed by atoms with Crippen molar-refractivity contribution in [3.63, 3.8) is 0 Å². The first-order valence-electron chi connectivity index (χ1n) is 7.13. The maximum absolute atomic E-state index is 12.0. The Kier molecular flexibility index (Phi) is 4.57. The molecule has 5 nitrogen and oxygen atoms in total. The van der Waals surface area contributed by atoms with Gasteiger partial charge in [-0.25, -0.2) is 4.98 Å². The van der Waals surface area contributed by atoms with E-state index in [1.165, 1.54) is 23.3 Å². The Labute approximate surface area is 128 Å². The van der Waals surface area contributed by atoms with Crippen LogP contribution < -0.4 is 5.32 Å². The maximum Gasteiger partial charge on any atom is 0.240 e. The minimum Gasteiger partial charge on any atom is -0.301 e. The molecular formula is C15H18N4OS. The quantitative estimate of drug-likeness (QED) is 0.942. The molecule has 3 rings (SSSR count). The van der Waals surface area contributed by atoms with Gasteiger partial charge < -0.3 is 5.32 Å². The summed E-state index contributed by atoms with van der Waals surface area (Å²) in [5.74, 6) is 0.509. The third-order valence-electron chi connectivity index (χ3n) is 3.73. The Hall–Kier alpha value is -1.79. The molecule has 0 unspecified atom stereocenters. The molecule has 0 aromatic carbocycles. The van der Waals surface area contributed by atoms with Gasteiger partial charge in [0.25, 0.3) is 0 Å². The van der Waals surface area contributed by atoms with Crippen LogP contribution in [0.25, 0.3) is 0 Å². The number of anilines is 1. The fourth-order valence-electron chi connectivity index (χ4n) is 2.75. The summed E-state index contributed by atoms with van der Waals surface area (Å²) in [4.78, 5) is 22.4. The molecule has 2 aromatic heterocycles. The molecular weight excluding hydrogens is 284 g/mol. The lowest BCUT2D eigenvalue weighted by Crippen LogP contribution is -2.39. The minimum atomic E-state index is 0.0142. The van der Waals surface area contributed by atoms with Gasteiger partial charge in [0, 0.05) is 30.5 Å². The number of nitrogens with zero attached hydrogens (tertiary/aromatic N) is 3. The zero-order valence-corrected chi connectivity index (χ0v) is 12.6. The lowest BCUT2D eigenvalue weighted by Gasteiger charge is -2.32. The number of nitrogens with one attached hydrogen (secondary N) is 1. The molecule has 1 aliphatic heterocycles. The van der Waals surface area contributed by atoms with Gasteiger partial charge in [-0.05, 0) is 43.0 Å². The van der Waals surface area contributed by atoms with Crippen molar-refractivity contribution in [1.82, 2.24) is 14.9 Å². The van der Waals surface area contributed by atoms with Gasteiger partial charge in [-0.2, -0.15) is 0 Å². The molecule has 1 saturated heterocycles. The van der Waals surface area contributed by atoms with Crippen molar-refractivity contribution < 1.29 is 4.79 Å². The number of rotatable bonds is 4. The summed E-state index contributed by atoms with van der Waals surface area (Å²) in [6.07, 6.45) is 7.67. The highest BCUT2D eigenvalue weighted by molar-refractivity contribution is 7.13.